The van der Waals surface area contributed by atoms with Gasteiger partial charge in [0, 0.05) is 9.50 Å². The fourth-order valence-corrected chi connectivity index (χ4v) is 1.83. The van der Waals surface area contributed by atoms with Crippen LogP contribution in [0.25, 0.3) is 0 Å². The maximum absolute atomic E-state index is 10.5. The monoisotopic (exact) mass is 262 g/mol. The summed E-state index contributed by atoms with van der Waals surface area (Å²) >= 11 is 9.14. The van der Waals surface area contributed by atoms with Gasteiger partial charge in [0.25, 0.3) is 0 Å². The Morgan fingerprint density at radius 2 is 2.31 bits per heavy atom. The summed E-state index contributed by atoms with van der Waals surface area (Å²) < 4.78 is 0.851. The fraction of sp³-hybridized carbons (Fsp3) is 0.222. The SMILES string of the molecule is O=CC(CO)c1ccc(Br)cc1Cl. The summed E-state index contributed by atoms with van der Waals surface area (Å²) in [5, 5.41) is 9.36. The Labute approximate surface area is 89.7 Å². The smallest absolute Gasteiger partial charge is 0.129 e. The molecular weight excluding hydrogens is 255 g/mol. The quantitative estimate of drug-likeness (QED) is 0.850. The van der Waals surface area contributed by atoms with Crippen molar-refractivity contribution in [3.8, 4) is 0 Å². The molecule has 0 aliphatic carbocycles. The second-order valence-corrected chi connectivity index (χ2v) is 3.91. The molecule has 0 aliphatic heterocycles. The Morgan fingerprint density at radius 3 is 2.77 bits per heavy atom. The van der Waals surface area contributed by atoms with Gasteiger partial charge < -0.3 is 9.90 Å². The molecule has 0 aliphatic rings. The molecule has 2 nitrogen and oxygen atoms in total. The minimum absolute atomic E-state index is 0.217. The molecule has 1 rings (SSSR count). The van der Waals surface area contributed by atoms with Crippen LogP contribution in [0.2, 0.25) is 5.02 Å². The molecule has 1 aromatic carbocycles. The lowest BCUT2D eigenvalue weighted by molar-refractivity contribution is -0.109. The van der Waals surface area contributed by atoms with Gasteiger partial charge in [-0.05, 0) is 17.7 Å². The molecule has 0 amide bonds. The molecule has 0 saturated carbocycles. The predicted octanol–water partition coefficient (Wildman–Crippen LogP) is 2.38. The first-order chi connectivity index (χ1) is 6.19. The molecule has 70 valence electrons. The highest BCUT2D eigenvalue weighted by Gasteiger charge is 2.12. The highest BCUT2D eigenvalue weighted by atomic mass is 79.9. The lowest BCUT2D eigenvalue weighted by Gasteiger charge is -2.08. The van der Waals surface area contributed by atoms with E-state index in [4.69, 9.17) is 16.7 Å². The number of carbonyl (C=O) groups excluding carboxylic acids is 1. The number of benzene rings is 1. The topological polar surface area (TPSA) is 37.3 Å². The van der Waals surface area contributed by atoms with Gasteiger partial charge in [0.15, 0.2) is 0 Å². The molecular formula is C9H8BrClO2. The van der Waals surface area contributed by atoms with Crippen LogP contribution in [0.15, 0.2) is 22.7 Å². The molecule has 4 heteroatoms. The average Bonchev–Trinajstić information content (AvgIpc) is 2.10. The summed E-state index contributed by atoms with van der Waals surface area (Å²) in [5.41, 5.74) is 0.655. The van der Waals surface area contributed by atoms with Crippen molar-refractivity contribution in [2.24, 2.45) is 0 Å². The van der Waals surface area contributed by atoms with Crippen LogP contribution in [0, 0.1) is 0 Å². The first kappa shape index (κ1) is 10.7. The van der Waals surface area contributed by atoms with E-state index in [0.29, 0.717) is 16.9 Å². The lowest BCUT2D eigenvalue weighted by atomic mass is 10.0. The van der Waals surface area contributed by atoms with Crippen LogP contribution in [0.5, 0.6) is 0 Å². The molecule has 13 heavy (non-hydrogen) atoms. The van der Waals surface area contributed by atoms with Gasteiger partial charge in [-0.1, -0.05) is 33.6 Å². The van der Waals surface area contributed by atoms with Crippen molar-refractivity contribution in [3.05, 3.63) is 33.3 Å². The minimum Gasteiger partial charge on any atom is -0.395 e. The number of hydrogen-bond acceptors (Lipinski definition) is 2. The minimum atomic E-state index is -0.527. The van der Waals surface area contributed by atoms with Crippen molar-refractivity contribution in [2.45, 2.75) is 5.92 Å². The van der Waals surface area contributed by atoms with Crippen LogP contribution < -0.4 is 0 Å². The third kappa shape index (κ3) is 2.53. The maximum atomic E-state index is 10.5. The Kier molecular flexibility index (Phi) is 3.90. The van der Waals surface area contributed by atoms with Gasteiger partial charge in [-0.3, -0.25) is 0 Å². The highest BCUT2D eigenvalue weighted by Crippen LogP contribution is 2.26. The van der Waals surface area contributed by atoms with Crippen LogP contribution >= 0.6 is 27.5 Å². The van der Waals surface area contributed by atoms with Gasteiger partial charge in [-0.2, -0.15) is 0 Å². The van der Waals surface area contributed by atoms with E-state index in [1.165, 1.54) is 0 Å². The van der Waals surface area contributed by atoms with Crippen molar-refractivity contribution < 1.29 is 9.90 Å². The summed E-state index contributed by atoms with van der Waals surface area (Å²) in [6, 6.07) is 5.21. The molecule has 0 radical (unpaired) electrons. The number of aliphatic hydroxyl groups is 1. The molecule has 0 fully saturated rings. The second-order valence-electron chi connectivity index (χ2n) is 2.59. The highest BCUT2D eigenvalue weighted by molar-refractivity contribution is 9.10. The summed E-state index contributed by atoms with van der Waals surface area (Å²) in [5.74, 6) is -0.527. The van der Waals surface area contributed by atoms with Crippen molar-refractivity contribution in [1.29, 1.82) is 0 Å². The normalized spacial score (nSPS) is 12.5. The Bertz CT molecular complexity index is 314. The third-order valence-electron chi connectivity index (χ3n) is 1.72. The summed E-state index contributed by atoms with van der Waals surface area (Å²) in [6.07, 6.45) is 0.690. The van der Waals surface area contributed by atoms with E-state index >= 15 is 0 Å². The lowest BCUT2D eigenvalue weighted by Crippen LogP contribution is -2.05. The largest absolute Gasteiger partial charge is 0.395 e. The zero-order valence-electron chi connectivity index (χ0n) is 6.71. The molecule has 1 unspecified atom stereocenters. The fourth-order valence-electron chi connectivity index (χ4n) is 1.02. The zero-order valence-corrected chi connectivity index (χ0v) is 9.05. The first-order valence-corrected chi connectivity index (χ1v) is 4.87. The average molecular weight is 264 g/mol. The Hall–Kier alpha value is -0.380. The molecule has 0 spiro atoms. The van der Waals surface area contributed by atoms with Crippen LogP contribution in [0.3, 0.4) is 0 Å². The van der Waals surface area contributed by atoms with E-state index in [9.17, 15) is 4.79 Å². The van der Waals surface area contributed by atoms with Crippen LogP contribution in [0.1, 0.15) is 11.5 Å². The number of aldehydes is 1. The van der Waals surface area contributed by atoms with Gasteiger partial charge in [0.1, 0.15) is 6.29 Å². The zero-order chi connectivity index (χ0) is 9.84. The van der Waals surface area contributed by atoms with E-state index in [2.05, 4.69) is 15.9 Å². The van der Waals surface area contributed by atoms with Gasteiger partial charge in [-0.15, -0.1) is 0 Å². The van der Waals surface area contributed by atoms with Gasteiger partial charge in [0.2, 0.25) is 0 Å². The Morgan fingerprint density at radius 1 is 1.62 bits per heavy atom. The molecule has 0 saturated heterocycles. The van der Waals surface area contributed by atoms with Gasteiger partial charge in [-0.25, -0.2) is 0 Å². The van der Waals surface area contributed by atoms with Crippen LogP contribution in [-0.4, -0.2) is 18.0 Å². The van der Waals surface area contributed by atoms with Crippen LogP contribution in [-0.2, 0) is 4.79 Å². The molecule has 1 aromatic rings. The summed E-state index contributed by atoms with van der Waals surface area (Å²) in [4.78, 5) is 10.5. The van der Waals surface area contributed by atoms with Crippen LogP contribution in [0.4, 0.5) is 0 Å². The molecule has 0 bridgehead atoms. The summed E-state index contributed by atoms with van der Waals surface area (Å²) in [7, 11) is 0. The molecule has 0 heterocycles. The van der Waals surface area contributed by atoms with E-state index in [1.54, 1.807) is 18.2 Å². The van der Waals surface area contributed by atoms with Gasteiger partial charge in [0.05, 0.1) is 12.5 Å². The molecule has 1 atom stereocenters. The van der Waals surface area contributed by atoms with Gasteiger partial charge >= 0.3 is 0 Å². The number of aliphatic hydroxyl groups excluding tert-OH is 1. The van der Waals surface area contributed by atoms with Crippen molar-refractivity contribution in [3.63, 3.8) is 0 Å². The van der Waals surface area contributed by atoms with Crippen molar-refractivity contribution >= 4 is 33.8 Å². The second kappa shape index (κ2) is 4.74. The van der Waals surface area contributed by atoms with E-state index in [1.807, 2.05) is 0 Å². The number of carbonyl (C=O) groups is 1. The van der Waals surface area contributed by atoms with Crippen molar-refractivity contribution in [1.82, 2.24) is 0 Å². The molecule has 1 N–H and O–H groups in total. The van der Waals surface area contributed by atoms with E-state index in [0.717, 1.165) is 4.47 Å². The van der Waals surface area contributed by atoms with E-state index < -0.39 is 5.92 Å². The van der Waals surface area contributed by atoms with E-state index in [-0.39, 0.29) is 6.61 Å². The molecule has 0 aromatic heterocycles. The number of hydrogen-bond donors (Lipinski definition) is 1. The summed E-state index contributed by atoms with van der Waals surface area (Å²) in [6.45, 7) is -0.217. The number of rotatable bonds is 3. The Balaban J connectivity index is 3.06. The number of halogens is 2. The standard InChI is InChI=1S/C9H8BrClO2/c10-7-1-2-8(9(11)3-7)6(4-12)5-13/h1-4,6,13H,5H2. The predicted molar refractivity (Wildman–Crippen MR) is 55.0 cm³/mol. The van der Waals surface area contributed by atoms with Crippen molar-refractivity contribution in [2.75, 3.05) is 6.61 Å². The first-order valence-electron chi connectivity index (χ1n) is 3.70. The third-order valence-corrected chi connectivity index (χ3v) is 2.54. The maximum Gasteiger partial charge on any atom is 0.129 e.